The van der Waals surface area contributed by atoms with Crippen molar-refractivity contribution in [1.82, 2.24) is 4.90 Å². The Labute approximate surface area is 140 Å². The van der Waals surface area contributed by atoms with Gasteiger partial charge in [0.15, 0.2) is 0 Å². The highest BCUT2D eigenvalue weighted by Crippen LogP contribution is 2.22. The first-order valence-electron chi connectivity index (χ1n) is 6.27. The van der Waals surface area contributed by atoms with E-state index in [1.165, 1.54) is 11.3 Å². The molecule has 0 aromatic carbocycles. The molecule has 1 N–H and O–H groups in total. The summed E-state index contributed by atoms with van der Waals surface area (Å²) < 4.78 is 0.955. The lowest BCUT2D eigenvalue weighted by Crippen LogP contribution is -2.25. The van der Waals surface area contributed by atoms with Gasteiger partial charge in [-0.2, -0.15) is 0 Å². The molecule has 1 amide bonds. The highest BCUT2D eigenvalue weighted by Gasteiger charge is 2.14. The maximum absolute atomic E-state index is 12.2. The van der Waals surface area contributed by atoms with Crippen LogP contribution in [0.4, 0.5) is 0 Å². The Kier molecular flexibility index (Phi) is 6.00. The molecule has 3 nitrogen and oxygen atoms in total. The first-order chi connectivity index (χ1) is 10.1. The van der Waals surface area contributed by atoms with Gasteiger partial charge in [-0.1, -0.05) is 11.8 Å². The van der Waals surface area contributed by atoms with Gasteiger partial charge in [0.25, 0.3) is 5.91 Å². The first-order valence-corrected chi connectivity index (χ1v) is 8.82. The van der Waals surface area contributed by atoms with Crippen LogP contribution in [-0.4, -0.2) is 29.6 Å². The topological polar surface area (TPSA) is 40.5 Å². The van der Waals surface area contributed by atoms with Crippen LogP contribution in [0.25, 0.3) is 0 Å². The molecule has 0 radical (unpaired) electrons. The fourth-order valence-electron chi connectivity index (χ4n) is 1.72. The van der Waals surface area contributed by atoms with Crippen molar-refractivity contribution in [2.24, 2.45) is 0 Å². The maximum Gasteiger partial charge on any atom is 0.254 e. The third-order valence-electron chi connectivity index (χ3n) is 2.68. The van der Waals surface area contributed by atoms with Crippen LogP contribution in [0.5, 0.6) is 0 Å². The Bertz CT molecular complexity index is 681. The standard InChI is InChI=1S/C15H14BrNO2S2/c1-17(15(19)12-7-14(16)21-10-12)8-11-6-13(20-9-11)4-2-3-5-18/h6-7,9-10,18H,3,5,8H2,1H3. The third-order valence-corrected chi connectivity index (χ3v) is 5.08. The predicted molar refractivity (Wildman–Crippen MR) is 90.7 cm³/mol. The van der Waals surface area contributed by atoms with E-state index in [2.05, 4.69) is 27.8 Å². The van der Waals surface area contributed by atoms with Crippen molar-refractivity contribution < 1.29 is 9.90 Å². The Morgan fingerprint density at radius 1 is 1.38 bits per heavy atom. The molecule has 0 saturated heterocycles. The van der Waals surface area contributed by atoms with Crippen molar-refractivity contribution >= 4 is 44.5 Å². The molecule has 0 spiro atoms. The van der Waals surface area contributed by atoms with Crippen LogP contribution >= 0.6 is 38.6 Å². The van der Waals surface area contributed by atoms with E-state index in [9.17, 15) is 4.79 Å². The van der Waals surface area contributed by atoms with Gasteiger partial charge in [-0.3, -0.25) is 4.79 Å². The maximum atomic E-state index is 12.2. The molecular weight excluding hydrogens is 370 g/mol. The van der Waals surface area contributed by atoms with Gasteiger partial charge < -0.3 is 10.0 Å². The fraction of sp³-hybridized carbons (Fsp3) is 0.267. The molecule has 2 rings (SSSR count). The molecule has 0 saturated carbocycles. The average molecular weight is 384 g/mol. The molecule has 110 valence electrons. The van der Waals surface area contributed by atoms with Crippen molar-refractivity contribution in [2.45, 2.75) is 13.0 Å². The Morgan fingerprint density at radius 2 is 2.19 bits per heavy atom. The first kappa shape index (κ1) is 16.2. The Hall–Kier alpha value is -1.13. The highest BCUT2D eigenvalue weighted by molar-refractivity contribution is 9.11. The SMILES string of the molecule is CN(Cc1csc(C#CCCO)c1)C(=O)c1csc(Br)c1. The van der Waals surface area contributed by atoms with Crippen LogP contribution in [0.3, 0.4) is 0 Å². The van der Waals surface area contributed by atoms with Gasteiger partial charge in [-0.15, -0.1) is 22.7 Å². The molecule has 21 heavy (non-hydrogen) atoms. The molecule has 0 bridgehead atoms. The summed E-state index contributed by atoms with van der Waals surface area (Å²) in [5, 5.41) is 12.6. The van der Waals surface area contributed by atoms with Gasteiger partial charge >= 0.3 is 0 Å². The summed E-state index contributed by atoms with van der Waals surface area (Å²) in [7, 11) is 1.79. The summed E-state index contributed by atoms with van der Waals surface area (Å²) >= 11 is 6.43. The van der Waals surface area contributed by atoms with Crippen molar-refractivity contribution in [3.63, 3.8) is 0 Å². The molecule has 2 heterocycles. The Balaban J connectivity index is 1.98. The van der Waals surface area contributed by atoms with E-state index in [0.717, 1.165) is 14.2 Å². The van der Waals surface area contributed by atoms with E-state index in [1.807, 2.05) is 22.9 Å². The van der Waals surface area contributed by atoms with E-state index in [0.29, 0.717) is 18.5 Å². The number of aliphatic hydroxyl groups excluding tert-OH is 1. The van der Waals surface area contributed by atoms with E-state index < -0.39 is 0 Å². The third kappa shape index (κ3) is 4.68. The normalized spacial score (nSPS) is 10.0. The second kappa shape index (κ2) is 7.76. The minimum absolute atomic E-state index is 0.0102. The zero-order valence-electron chi connectivity index (χ0n) is 11.4. The van der Waals surface area contributed by atoms with Gasteiger partial charge in [-0.25, -0.2) is 0 Å². The number of rotatable bonds is 4. The van der Waals surface area contributed by atoms with Crippen LogP contribution in [0, 0.1) is 11.8 Å². The Morgan fingerprint density at radius 3 is 2.86 bits per heavy atom. The number of nitrogens with zero attached hydrogens (tertiary/aromatic N) is 1. The van der Waals surface area contributed by atoms with Crippen LogP contribution in [-0.2, 0) is 6.54 Å². The van der Waals surface area contributed by atoms with Gasteiger partial charge in [0.1, 0.15) is 0 Å². The van der Waals surface area contributed by atoms with Crippen molar-refractivity contribution in [3.8, 4) is 11.8 Å². The number of hydrogen-bond donors (Lipinski definition) is 1. The molecule has 0 fully saturated rings. The lowest BCUT2D eigenvalue weighted by atomic mass is 10.2. The minimum Gasteiger partial charge on any atom is -0.395 e. The summed E-state index contributed by atoms with van der Waals surface area (Å²) in [4.78, 5) is 14.9. The molecule has 6 heteroatoms. The second-order valence-electron chi connectivity index (χ2n) is 4.40. The molecule has 0 unspecified atom stereocenters. The summed E-state index contributed by atoms with van der Waals surface area (Å²) in [5.41, 5.74) is 1.77. The summed E-state index contributed by atoms with van der Waals surface area (Å²) in [6.45, 7) is 0.642. The average Bonchev–Trinajstić information content (AvgIpc) is 3.07. The minimum atomic E-state index is 0.0102. The molecule has 2 aromatic heterocycles. The quantitative estimate of drug-likeness (QED) is 0.819. The fourth-order valence-corrected chi connectivity index (χ4v) is 3.62. The van der Waals surface area contributed by atoms with Crippen LogP contribution < -0.4 is 0 Å². The molecular formula is C15H14BrNO2S2. The number of thiophene rings is 2. The van der Waals surface area contributed by atoms with Crippen LogP contribution in [0.15, 0.2) is 26.7 Å². The summed E-state index contributed by atoms with van der Waals surface area (Å²) in [6, 6.07) is 3.82. The molecule has 0 aliphatic carbocycles. The van der Waals surface area contributed by atoms with E-state index in [4.69, 9.17) is 5.11 Å². The van der Waals surface area contributed by atoms with Gasteiger partial charge in [0.2, 0.25) is 0 Å². The number of carbonyl (C=O) groups excluding carboxylic acids is 1. The van der Waals surface area contributed by atoms with Crippen molar-refractivity contribution in [1.29, 1.82) is 0 Å². The van der Waals surface area contributed by atoms with E-state index >= 15 is 0 Å². The van der Waals surface area contributed by atoms with E-state index in [-0.39, 0.29) is 12.5 Å². The van der Waals surface area contributed by atoms with Crippen molar-refractivity contribution in [2.75, 3.05) is 13.7 Å². The smallest absolute Gasteiger partial charge is 0.254 e. The van der Waals surface area contributed by atoms with E-state index in [1.54, 1.807) is 23.3 Å². The molecule has 0 atom stereocenters. The monoisotopic (exact) mass is 383 g/mol. The molecule has 2 aromatic rings. The van der Waals surface area contributed by atoms with Gasteiger partial charge in [0.05, 0.1) is 20.8 Å². The number of hydrogen-bond acceptors (Lipinski definition) is 4. The zero-order chi connectivity index (χ0) is 15.2. The zero-order valence-corrected chi connectivity index (χ0v) is 14.6. The summed E-state index contributed by atoms with van der Waals surface area (Å²) in [6.07, 6.45) is 0.485. The van der Waals surface area contributed by atoms with Crippen LogP contribution in [0.2, 0.25) is 0 Å². The summed E-state index contributed by atoms with van der Waals surface area (Å²) in [5.74, 6) is 5.91. The lowest BCUT2D eigenvalue weighted by Gasteiger charge is -2.15. The number of amides is 1. The number of aliphatic hydroxyl groups is 1. The highest BCUT2D eigenvalue weighted by atomic mass is 79.9. The largest absolute Gasteiger partial charge is 0.395 e. The lowest BCUT2D eigenvalue weighted by molar-refractivity contribution is 0.0786. The van der Waals surface area contributed by atoms with Crippen LogP contribution in [0.1, 0.15) is 27.2 Å². The predicted octanol–water partition coefficient (Wildman–Crippen LogP) is 3.58. The van der Waals surface area contributed by atoms with Crippen molar-refractivity contribution in [3.05, 3.63) is 42.7 Å². The molecule has 0 aliphatic rings. The molecule has 0 aliphatic heterocycles. The van der Waals surface area contributed by atoms with Gasteiger partial charge in [0, 0.05) is 25.4 Å². The second-order valence-corrected chi connectivity index (χ2v) is 7.60. The number of halogens is 1. The van der Waals surface area contributed by atoms with Gasteiger partial charge in [-0.05, 0) is 39.0 Å². The number of carbonyl (C=O) groups is 1.